The van der Waals surface area contributed by atoms with Crippen LogP contribution in [0.4, 0.5) is 11.8 Å². The SMILES string of the molecule is O=C1NCC[C@@]12Cc1cnc(N3CC4(CNC4)C3)nc1N(C1CCCC1)C2=O. The van der Waals surface area contributed by atoms with E-state index in [-0.39, 0.29) is 17.9 Å². The Balaban J connectivity index is 1.38. The summed E-state index contributed by atoms with van der Waals surface area (Å²) in [4.78, 5) is 39.9. The number of amides is 2. The lowest BCUT2D eigenvalue weighted by Gasteiger charge is -2.56. The zero-order valence-electron chi connectivity index (χ0n) is 16.0. The van der Waals surface area contributed by atoms with Crippen molar-refractivity contribution in [1.82, 2.24) is 20.6 Å². The molecule has 4 fully saturated rings. The fourth-order valence-electron chi connectivity index (χ4n) is 5.76. The highest BCUT2D eigenvalue weighted by Gasteiger charge is 2.56. The Kier molecular flexibility index (Phi) is 3.37. The van der Waals surface area contributed by atoms with E-state index >= 15 is 0 Å². The third kappa shape index (κ3) is 2.15. The zero-order chi connectivity index (χ0) is 18.9. The van der Waals surface area contributed by atoms with Gasteiger partial charge in [0.15, 0.2) is 0 Å². The van der Waals surface area contributed by atoms with Crippen molar-refractivity contribution < 1.29 is 9.59 Å². The minimum absolute atomic E-state index is 0.0465. The van der Waals surface area contributed by atoms with Gasteiger partial charge in [-0.15, -0.1) is 0 Å². The predicted octanol–water partition coefficient (Wildman–Crippen LogP) is 0.224. The number of nitrogens with one attached hydrogen (secondary N) is 2. The number of carbonyl (C=O) groups is 2. The predicted molar refractivity (Wildman–Crippen MR) is 103 cm³/mol. The number of aromatic nitrogens is 2. The van der Waals surface area contributed by atoms with Crippen molar-refractivity contribution in [2.75, 3.05) is 42.5 Å². The summed E-state index contributed by atoms with van der Waals surface area (Å²) >= 11 is 0. The molecule has 28 heavy (non-hydrogen) atoms. The van der Waals surface area contributed by atoms with Crippen LogP contribution in [0.15, 0.2) is 6.20 Å². The van der Waals surface area contributed by atoms with Gasteiger partial charge >= 0.3 is 0 Å². The smallest absolute Gasteiger partial charge is 0.244 e. The first-order chi connectivity index (χ1) is 13.6. The van der Waals surface area contributed by atoms with Crippen molar-refractivity contribution in [2.24, 2.45) is 10.8 Å². The van der Waals surface area contributed by atoms with Gasteiger partial charge in [0, 0.05) is 62.4 Å². The largest absolute Gasteiger partial charge is 0.355 e. The van der Waals surface area contributed by atoms with Crippen molar-refractivity contribution >= 4 is 23.6 Å². The van der Waals surface area contributed by atoms with Crippen molar-refractivity contribution in [2.45, 2.75) is 44.6 Å². The number of anilines is 2. The first-order valence-electron chi connectivity index (χ1n) is 10.5. The number of hydrogen-bond donors (Lipinski definition) is 2. The third-order valence-corrected chi connectivity index (χ3v) is 7.47. The molecule has 6 rings (SSSR count). The topological polar surface area (TPSA) is 90.5 Å². The summed E-state index contributed by atoms with van der Waals surface area (Å²) in [6, 6.07) is 0.151. The highest BCUT2D eigenvalue weighted by atomic mass is 16.2. The summed E-state index contributed by atoms with van der Waals surface area (Å²) in [6.07, 6.45) is 7.08. The van der Waals surface area contributed by atoms with E-state index in [1.54, 1.807) is 0 Å². The second-order valence-electron chi connectivity index (χ2n) is 9.36. The molecule has 8 heteroatoms. The molecule has 0 aromatic carbocycles. The van der Waals surface area contributed by atoms with Crippen LogP contribution in [0.3, 0.4) is 0 Å². The van der Waals surface area contributed by atoms with E-state index in [0.717, 1.165) is 69.2 Å². The van der Waals surface area contributed by atoms with Gasteiger partial charge in [0.2, 0.25) is 17.8 Å². The molecule has 4 aliphatic heterocycles. The van der Waals surface area contributed by atoms with Crippen LogP contribution in [0.2, 0.25) is 0 Å². The lowest BCUT2D eigenvalue weighted by molar-refractivity contribution is -0.140. The maximum absolute atomic E-state index is 13.6. The standard InChI is InChI=1S/C20H26N6O2/c27-16-20(5-6-22-16)7-13-8-23-18(25-11-19(12-25)9-21-10-19)24-15(13)26(17(20)28)14-3-1-2-4-14/h8,14,21H,1-7,9-12H2,(H,22,27)/t20-/m1/s1. The van der Waals surface area contributed by atoms with Crippen LogP contribution >= 0.6 is 0 Å². The van der Waals surface area contributed by atoms with Crippen molar-refractivity contribution in [3.63, 3.8) is 0 Å². The van der Waals surface area contributed by atoms with Gasteiger partial charge in [-0.25, -0.2) is 4.98 Å². The summed E-state index contributed by atoms with van der Waals surface area (Å²) in [5.41, 5.74) is 0.373. The minimum atomic E-state index is -0.959. The average Bonchev–Trinajstić information content (AvgIpc) is 3.25. The number of fused-ring (bicyclic) bond motifs is 1. The zero-order valence-corrected chi connectivity index (χ0v) is 16.0. The Hall–Kier alpha value is -2.22. The Labute approximate surface area is 164 Å². The van der Waals surface area contributed by atoms with Crippen molar-refractivity contribution in [3.05, 3.63) is 11.8 Å². The van der Waals surface area contributed by atoms with Crippen LogP contribution in [0.25, 0.3) is 0 Å². The molecule has 5 heterocycles. The molecule has 2 N–H and O–H groups in total. The number of nitrogens with zero attached hydrogens (tertiary/aromatic N) is 4. The molecule has 0 unspecified atom stereocenters. The van der Waals surface area contributed by atoms with E-state index in [2.05, 4.69) is 20.5 Å². The second-order valence-corrected chi connectivity index (χ2v) is 9.36. The lowest BCUT2D eigenvalue weighted by Crippen LogP contribution is -2.71. The Morgan fingerprint density at radius 2 is 1.93 bits per heavy atom. The van der Waals surface area contributed by atoms with Crippen LogP contribution in [0.5, 0.6) is 0 Å². The van der Waals surface area contributed by atoms with Gasteiger partial charge in [-0.2, -0.15) is 4.98 Å². The summed E-state index contributed by atoms with van der Waals surface area (Å²) in [7, 11) is 0. The summed E-state index contributed by atoms with van der Waals surface area (Å²) in [5.74, 6) is 1.30. The fourth-order valence-corrected chi connectivity index (χ4v) is 5.76. The highest BCUT2D eigenvalue weighted by molar-refractivity contribution is 6.14. The summed E-state index contributed by atoms with van der Waals surface area (Å²) in [6.45, 7) is 4.66. The lowest BCUT2D eigenvalue weighted by atomic mass is 9.74. The van der Waals surface area contributed by atoms with Gasteiger partial charge in [0.1, 0.15) is 11.2 Å². The van der Waals surface area contributed by atoms with Crippen LogP contribution in [-0.4, -0.2) is 60.5 Å². The van der Waals surface area contributed by atoms with E-state index in [4.69, 9.17) is 4.98 Å². The van der Waals surface area contributed by atoms with Crippen LogP contribution < -0.4 is 20.4 Å². The maximum atomic E-state index is 13.6. The van der Waals surface area contributed by atoms with E-state index in [1.165, 1.54) is 0 Å². The number of hydrogen-bond acceptors (Lipinski definition) is 6. The van der Waals surface area contributed by atoms with Gasteiger partial charge in [0.25, 0.3) is 0 Å². The fraction of sp³-hybridized carbons (Fsp3) is 0.700. The van der Waals surface area contributed by atoms with Crippen molar-refractivity contribution in [3.8, 4) is 0 Å². The molecule has 148 valence electrons. The number of rotatable bonds is 2. The molecular formula is C20H26N6O2. The van der Waals surface area contributed by atoms with Gasteiger partial charge in [0.05, 0.1) is 0 Å². The third-order valence-electron chi connectivity index (χ3n) is 7.47. The Bertz CT molecular complexity index is 854. The Morgan fingerprint density at radius 1 is 1.14 bits per heavy atom. The maximum Gasteiger partial charge on any atom is 0.244 e. The van der Waals surface area contributed by atoms with Gasteiger partial charge in [-0.3, -0.25) is 14.5 Å². The first-order valence-corrected chi connectivity index (χ1v) is 10.5. The Morgan fingerprint density at radius 3 is 2.57 bits per heavy atom. The molecule has 1 aromatic heterocycles. The molecule has 3 saturated heterocycles. The molecule has 1 saturated carbocycles. The van der Waals surface area contributed by atoms with E-state index in [9.17, 15) is 9.59 Å². The van der Waals surface area contributed by atoms with E-state index < -0.39 is 5.41 Å². The average molecular weight is 382 g/mol. The number of carbonyl (C=O) groups excluding carboxylic acids is 2. The molecule has 0 bridgehead atoms. The van der Waals surface area contributed by atoms with Crippen LogP contribution in [0, 0.1) is 10.8 Å². The monoisotopic (exact) mass is 382 g/mol. The van der Waals surface area contributed by atoms with Gasteiger partial charge in [-0.1, -0.05) is 12.8 Å². The summed E-state index contributed by atoms with van der Waals surface area (Å²) < 4.78 is 0. The summed E-state index contributed by atoms with van der Waals surface area (Å²) in [5, 5.41) is 6.23. The van der Waals surface area contributed by atoms with Gasteiger partial charge < -0.3 is 15.5 Å². The molecule has 2 amide bonds. The van der Waals surface area contributed by atoms with Crippen LogP contribution in [-0.2, 0) is 16.0 Å². The molecule has 0 radical (unpaired) electrons. The molecule has 1 aliphatic carbocycles. The minimum Gasteiger partial charge on any atom is -0.355 e. The van der Waals surface area contributed by atoms with Crippen LogP contribution in [0.1, 0.15) is 37.7 Å². The molecule has 8 nitrogen and oxygen atoms in total. The highest BCUT2D eigenvalue weighted by Crippen LogP contribution is 2.45. The molecule has 1 atom stereocenters. The van der Waals surface area contributed by atoms with Crippen molar-refractivity contribution in [1.29, 1.82) is 0 Å². The first kappa shape index (κ1) is 16.7. The molecule has 2 spiro atoms. The molecule has 5 aliphatic rings. The normalized spacial score (nSPS) is 31.1. The second kappa shape index (κ2) is 5.65. The van der Waals surface area contributed by atoms with E-state index in [0.29, 0.717) is 24.8 Å². The molecular weight excluding hydrogens is 356 g/mol. The quantitative estimate of drug-likeness (QED) is 0.712. The van der Waals surface area contributed by atoms with Gasteiger partial charge in [-0.05, 0) is 19.3 Å². The van der Waals surface area contributed by atoms with E-state index in [1.807, 2.05) is 11.1 Å². The molecule has 1 aromatic rings.